The highest BCUT2D eigenvalue weighted by molar-refractivity contribution is 5.91. The molecule has 1 atom stereocenters. The second-order valence-electron chi connectivity index (χ2n) is 6.97. The molecule has 2 heterocycles. The van der Waals surface area contributed by atoms with Gasteiger partial charge in [0.1, 0.15) is 23.9 Å². The molecule has 0 saturated carbocycles. The lowest BCUT2D eigenvalue weighted by Gasteiger charge is -2.27. The minimum absolute atomic E-state index is 0.136. The second kappa shape index (κ2) is 8.49. The number of aromatic nitrogens is 1. The van der Waals surface area contributed by atoms with Crippen LogP contribution in [0, 0.1) is 12.7 Å². The molecule has 1 saturated heterocycles. The maximum atomic E-state index is 12.9. The summed E-state index contributed by atoms with van der Waals surface area (Å²) in [6, 6.07) is 7.38. The standard InChI is InChI=1S/C19H24FN3O4/c1-14-11-17(22-27-14)21-18(24)12-23-9-2-7-19(25,8-10-23)13-26-16-5-3-15(20)4-6-16/h3-6,11,25H,2,7-10,12-13H2,1H3,(H,21,22,24). The van der Waals surface area contributed by atoms with Gasteiger partial charge in [0.05, 0.1) is 12.1 Å². The van der Waals surface area contributed by atoms with E-state index in [4.69, 9.17) is 9.26 Å². The summed E-state index contributed by atoms with van der Waals surface area (Å²) in [5.41, 5.74) is -0.969. The fourth-order valence-corrected chi connectivity index (χ4v) is 3.10. The third-order valence-electron chi connectivity index (χ3n) is 4.59. The number of halogens is 1. The molecule has 0 aliphatic carbocycles. The van der Waals surface area contributed by atoms with Crippen LogP contribution in [0.15, 0.2) is 34.9 Å². The topological polar surface area (TPSA) is 87.8 Å². The van der Waals surface area contributed by atoms with E-state index in [9.17, 15) is 14.3 Å². The van der Waals surface area contributed by atoms with E-state index in [1.54, 1.807) is 13.0 Å². The molecule has 146 valence electrons. The number of aliphatic hydroxyl groups is 1. The summed E-state index contributed by atoms with van der Waals surface area (Å²) in [6.45, 7) is 3.41. The maximum Gasteiger partial charge on any atom is 0.239 e. The quantitative estimate of drug-likeness (QED) is 0.804. The summed E-state index contributed by atoms with van der Waals surface area (Å²) in [7, 11) is 0. The summed E-state index contributed by atoms with van der Waals surface area (Å²) in [5, 5.41) is 17.3. The highest BCUT2D eigenvalue weighted by Gasteiger charge is 2.31. The van der Waals surface area contributed by atoms with Gasteiger partial charge in [0.25, 0.3) is 0 Å². The van der Waals surface area contributed by atoms with Gasteiger partial charge in [0.2, 0.25) is 5.91 Å². The van der Waals surface area contributed by atoms with Gasteiger partial charge < -0.3 is 19.7 Å². The predicted octanol–water partition coefficient (Wildman–Crippen LogP) is 2.36. The number of hydrogen-bond donors (Lipinski definition) is 2. The normalized spacial score (nSPS) is 20.9. The first kappa shape index (κ1) is 19.3. The molecule has 27 heavy (non-hydrogen) atoms. The molecule has 8 heteroatoms. The van der Waals surface area contributed by atoms with Gasteiger partial charge in [-0.15, -0.1) is 0 Å². The van der Waals surface area contributed by atoms with E-state index in [0.717, 1.165) is 6.42 Å². The van der Waals surface area contributed by atoms with Gasteiger partial charge in [-0.25, -0.2) is 4.39 Å². The first-order valence-corrected chi connectivity index (χ1v) is 8.98. The number of benzene rings is 1. The van der Waals surface area contributed by atoms with E-state index < -0.39 is 5.60 Å². The molecule has 1 aromatic heterocycles. The number of nitrogens with one attached hydrogen (secondary N) is 1. The van der Waals surface area contributed by atoms with Crippen LogP contribution in [0.5, 0.6) is 5.75 Å². The molecule has 0 spiro atoms. The lowest BCUT2D eigenvalue weighted by atomic mass is 9.96. The zero-order valence-corrected chi connectivity index (χ0v) is 15.3. The molecule has 2 N–H and O–H groups in total. The molecule has 3 rings (SSSR count). The number of likely N-dealkylation sites (tertiary alicyclic amines) is 1. The number of aryl methyl sites for hydroxylation is 1. The van der Waals surface area contributed by atoms with Crippen LogP contribution in [0.3, 0.4) is 0 Å². The minimum Gasteiger partial charge on any atom is -0.491 e. The average Bonchev–Trinajstić information content (AvgIpc) is 2.94. The first-order valence-electron chi connectivity index (χ1n) is 8.98. The van der Waals surface area contributed by atoms with Crippen LogP contribution in [0.25, 0.3) is 0 Å². The Hall–Kier alpha value is -2.45. The average molecular weight is 377 g/mol. The SMILES string of the molecule is Cc1cc(NC(=O)CN2CCCC(O)(COc3ccc(F)cc3)CC2)no1. The fraction of sp³-hybridized carbons (Fsp3) is 0.474. The van der Waals surface area contributed by atoms with Crippen molar-refractivity contribution in [2.75, 3.05) is 31.6 Å². The largest absolute Gasteiger partial charge is 0.491 e. The number of rotatable bonds is 6. The van der Waals surface area contributed by atoms with Crippen LogP contribution in [0.2, 0.25) is 0 Å². The van der Waals surface area contributed by atoms with E-state index in [-0.39, 0.29) is 24.9 Å². The lowest BCUT2D eigenvalue weighted by molar-refractivity contribution is -0.117. The van der Waals surface area contributed by atoms with Gasteiger partial charge >= 0.3 is 0 Å². The third-order valence-corrected chi connectivity index (χ3v) is 4.59. The van der Waals surface area contributed by atoms with Gasteiger partial charge in [-0.3, -0.25) is 9.69 Å². The lowest BCUT2D eigenvalue weighted by Crippen LogP contribution is -2.38. The number of anilines is 1. The zero-order chi connectivity index (χ0) is 19.3. The van der Waals surface area contributed by atoms with E-state index >= 15 is 0 Å². The molecule has 1 fully saturated rings. The number of carbonyl (C=O) groups excluding carboxylic acids is 1. The minimum atomic E-state index is -0.969. The highest BCUT2D eigenvalue weighted by atomic mass is 19.1. The van der Waals surface area contributed by atoms with Crippen molar-refractivity contribution in [2.45, 2.75) is 31.8 Å². The van der Waals surface area contributed by atoms with Crippen molar-refractivity contribution in [1.82, 2.24) is 10.1 Å². The van der Waals surface area contributed by atoms with Crippen LogP contribution in [-0.2, 0) is 4.79 Å². The Morgan fingerprint density at radius 3 is 2.85 bits per heavy atom. The van der Waals surface area contributed by atoms with Crippen molar-refractivity contribution >= 4 is 11.7 Å². The zero-order valence-electron chi connectivity index (χ0n) is 15.3. The number of amides is 1. The number of ether oxygens (including phenoxy) is 1. The van der Waals surface area contributed by atoms with Crippen molar-refractivity contribution in [1.29, 1.82) is 0 Å². The van der Waals surface area contributed by atoms with Crippen LogP contribution in [0.1, 0.15) is 25.0 Å². The Morgan fingerprint density at radius 1 is 1.37 bits per heavy atom. The van der Waals surface area contributed by atoms with Gasteiger partial charge in [0, 0.05) is 12.6 Å². The Bertz CT molecular complexity index is 765. The summed E-state index contributed by atoms with van der Waals surface area (Å²) in [6.07, 6.45) is 1.82. The predicted molar refractivity (Wildman–Crippen MR) is 97.0 cm³/mol. The van der Waals surface area contributed by atoms with Crippen molar-refractivity contribution < 1.29 is 23.6 Å². The van der Waals surface area contributed by atoms with E-state index in [0.29, 0.717) is 43.3 Å². The number of nitrogens with zero attached hydrogens (tertiary/aromatic N) is 2. The van der Waals surface area contributed by atoms with Gasteiger partial charge in [-0.05, 0) is 57.0 Å². The Morgan fingerprint density at radius 2 is 2.15 bits per heavy atom. The van der Waals surface area contributed by atoms with E-state index in [1.807, 2.05) is 4.90 Å². The molecule has 1 unspecified atom stereocenters. The van der Waals surface area contributed by atoms with Crippen molar-refractivity contribution in [3.05, 3.63) is 41.9 Å². The number of carbonyl (C=O) groups is 1. The summed E-state index contributed by atoms with van der Waals surface area (Å²) < 4.78 is 23.5. The first-order chi connectivity index (χ1) is 12.9. The molecule has 1 aliphatic rings. The molecule has 7 nitrogen and oxygen atoms in total. The van der Waals surface area contributed by atoms with Crippen LogP contribution in [-0.4, -0.2) is 52.9 Å². The van der Waals surface area contributed by atoms with Crippen LogP contribution < -0.4 is 10.1 Å². The molecular weight excluding hydrogens is 353 g/mol. The summed E-state index contributed by atoms with van der Waals surface area (Å²) in [4.78, 5) is 14.1. The molecule has 0 radical (unpaired) electrons. The summed E-state index contributed by atoms with van der Waals surface area (Å²) in [5.74, 6) is 1.05. The Kier molecular flexibility index (Phi) is 6.08. The van der Waals surface area contributed by atoms with Crippen LogP contribution >= 0.6 is 0 Å². The molecular formula is C19H24FN3O4. The second-order valence-corrected chi connectivity index (χ2v) is 6.97. The molecule has 0 bridgehead atoms. The molecule has 1 aliphatic heterocycles. The highest BCUT2D eigenvalue weighted by Crippen LogP contribution is 2.24. The van der Waals surface area contributed by atoms with E-state index in [2.05, 4.69) is 10.5 Å². The third kappa shape index (κ3) is 5.77. The van der Waals surface area contributed by atoms with Gasteiger partial charge in [-0.2, -0.15) is 0 Å². The van der Waals surface area contributed by atoms with Crippen molar-refractivity contribution in [2.24, 2.45) is 0 Å². The Balaban J connectivity index is 1.47. The smallest absolute Gasteiger partial charge is 0.239 e. The van der Waals surface area contributed by atoms with E-state index in [1.165, 1.54) is 24.3 Å². The van der Waals surface area contributed by atoms with Gasteiger partial charge in [-0.1, -0.05) is 5.16 Å². The molecule has 2 aromatic rings. The summed E-state index contributed by atoms with van der Waals surface area (Å²) >= 11 is 0. The molecule has 1 aromatic carbocycles. The molecule has 1 amide bonds. The Labute approximate surface area is 157 Å². The maximum absolute atomic E-state index is 12.9. The number of hydrogen-bond acceptors (Lipinski definition) is 6. The van der Waals surface area contributed by atoms with Crippen LogP contribution in [0.4, 0.5) is 10.2 Å². The van der Waals surface area contributed by atoms with Crippen molar-refractivity contribution in [3.63, 3.8) is 0 Å². The van der Waals surface area contributed by atoms with Crippen molar-refractivity contribution in [3.8, 4) is 5.75 Å². The monoisotopic (exact) mass is 377 g/mol. The van der Waals surface area contributed by atoms with Gasteiger partial charge in [0.15, 0.2) is 5.82 Å². The fourth-order valence-electron chi connectivity index (χ4n) is 3.10.